The van der Waals surface area contributed by atoms with Gasteiger partial charge in [-0.05, 0) is 24.6 Å². The van der Waals surface area contributed by atoms with Crippen molar-refractivity contribution in [2.75, 3.05) is 6.61 Å². The maximum atomic E-state index is 11.4. The second-order valence-electron chi connectivity index (χ2n) is 5.84. The Bertz CT molecular complexity index is 601. The molecular formula is C18H22Cl2O4. The number of hydrogen-bond acceptors (Lipinski definition) is 4. The Balaban J connectivity index is 2.12. The molecule has 2 atom stereocenters. The lowest BCUT2D eigenvalue weighted by Gasteiger charge is -2.23. The molecule has 0 radical (unpaired) electrons. The van der Waals surface area contributed by atoms with Crippen LogP contribution in [0.4, 0.5) is 0 Å². The predicted octanol–water partition coefficient (Wildman–Crippen LogP) is 4.64. The number of aliphatic hydroxyl groups is 1. The van der Waals surface area contributed by atoms with Crippen molar-refractivity contribution in [2.24, 2.45) is 0 Å². The summed E-state index contributed by atoms with van der Waals surface area (Å²) in [5, 5.41) is 10.6. The topological polar surface area (TPSA) is 55.8 Å². The van der Waals surface area contributed by atoms with E-state index in [2.05, 4.69) is 6.92 Å². The third-order valence-corrected chi connectivity index (χ3v) is 4.26. The van der Waals surface area contributed by atoms with Crippen molar-refractivity contribution in [2.45, 2.75) is 51.2 Å². The summed E-state index contributed by atoms with van der Waals surface area (Å²) in [6.07, 6.45) is 5.90. The molecule has 0 bridgehead atoms. The molecule has 0 aliphatic carbocycles. The van der Waals surface area contributed by atoms with E-state index in [1.54, 1.807) is 24.3 Å². The average Bonchev–Trinajstić information content (AvgIpc) is 2.49. The van der Waals surface area contributed by atoms with Crippen molar-refractivity contribution >= 4 is 35.2 Å². The highest BCUT2D eigenvalue weighted by molar-refractivity contribution is 6.35. The van der Waals surface area contributed by atoms with Gasteiger partial charge in [-0.3, -0.25) is 4.79 Å². The Labute approximate surface area is 152 Å². The maximum Gasteiger partial charge on any atom is 0.309 e. The maximum absolute atomic E-state index is 11.4. The Kier molecular flexibility index (Phi) is 7.40. The SMILES string of the molecule is CCCCCOc1cc(Cl)cc(Cl)c1/C=C/[C@@H]1C[C@@H](O)CC(=O)O1. The van der Waals surface area contributed by atoms with Crippen LogP contribution >= 0.6 is 23.2 Å². The summed E-state index contributed by atoms with van der Waals surface area (Å²) in [4.78, 5) is 11.4. The van der Waals surface area contributed by atoms with Gasteiger partial charge in [0.2, 0.25) is 0 Å². The number of ether oxygens (including phenoxy) is 2. The molecule has 1 aromatic carbocycles. The summed E-state index contributed by atoms with van der Waals surface area (Å²) >= 11 is 12.3. The van der Waals surface area contributed by atoms with E-state index in [9.17, 15) is 9.90 Å². The minimum absolute atomic E-state index is 0.0395. The second kappa shape index (κ2) is 9.30. The van der Waals surface area contributed by atoms with Crippen molar-refractivity contribution in [1.82, 2.24) is 0 Å². The molecule has 0 unspecified atom stereocenters. The summed E-state index contributed by atoms with van der Waals surface area (Å²) in [6, 6.07) is 3.37. The molecule has 0 aromatic heterocycles. The Morgan fingerprint density at radius 1 is 1.38 bits per heavy atom. The molecule has 1 aliphatic rings. The highest BCUT2D eigenvalue weighted by atomic mass is 35.5. The van der Waals surface area contributed by atoms with Gasteiger partial charge in [-0.2, -0.15) is 0 Å². The van der Waals surface area contributed by atoms with E-state index in [4.69, 9.17) is 32.7 Å². The van der Waals surface area contributed by atoms with Crippen LogP contribution in [0.25, 0.3) is 6.08 Å². The summed E-state index contributed by atoms with van der Waals surface area (Å²) < 4.78 is 11.0. The minimum atomic E-state index is -0.675. The molecule has 1 saturated heterocycles. The third-order valence-electron chi connectivity index (χ3n) is 3.73. The number of carbonyl (C=O) groups is 1. The molecule has 0 spiro atoms. The molecule has 6 heteroatoms. The summed E-state index contributed by atoms with van der Waals surface area (Å²) in [5.41, 5.74) is 0.689. The predicted molar refractivity (Wildman–Crippen MR) is 95.6 cm³/mol. The lowest BCUT2D eigenvalue weighted by atomic mass is 10.0. The summed E-state index contributed by atoms with van der Waals surface area (Å²) in [5.74, 6) is 0.198. The number of aliphatic hydroxyl groups excluding tert-OH is 1. The molecule has 132 valence electrons. The molecule has 1 aromatic rings. The Hall–Kier alpha value is -1.23. The highest BCUT2D eigenvalue weighted by Gasteiger charge is 2.25. The van der Waals surface area contributed by atoms with Crippen LogP contribution in [0.1, 0.15) is 44.6 Å². The summed E-state index contributed by atoms with van der Waals surface area (Å²) in [6.45, 7) is 2.72. The second-order valence-corrected chi connectivity index (χ2v) is 6.68. The lowest BCUT2D eigenvalue weighted by Crippen LogP contribution is -2.31. The van der Waals surface area contributed by atoms with Crippen LogP contribution in [0.3, 0.4) is 0 Å². The van der Waals surface area contributed by atoms with E-state index in [1.807, 2.05) is 0 Å². The van der Waals surface area contributed by atoms with Crippen LogP contribution in [0.5, 0.6) is 5.75 Å². The molecule has 2 rings (SSSR count). The van der Waals surface area contributed by atoms with E-state index in [-0.39, 0.29) is 6.42 Å². The quantitative estimate of drug-likeness (QED) is 0.559. The smallest absolute Gasteiger partial charge is 0.309 e. The molecular weight excluding hydrogens is 351 g/mol. The zero-order chi connectivity index (χ0) is 17.5. The van der Waals surface area contributed by atoms with Crippen molar-refractivity contribution in [3.8, 4) is 5.75 Å². The van der Waals surface area contributed by atoms with Gasteiger partial charge in [0.1, 0.15) is 11.9 Å². The van der Waals surface area contributed by atoms with E-state index in [0.29, 0.717) is 34.4 Å². The Morgan fingerprint density at radius 2 is 2.17 bits per heavy atom. The minimum Gasteiger partial charge on any atom is -0.493 e. The standard InChI is InChI=1S/C18H22Cl2O4/c1-2-3-4-7-23-17-9-12(19)8-16(20)15(17)6-5-14-10-13(21)11-18(22)24-14/h5-6,8-9,13-14,21H,2-4,7,10-11H2,1H3/b6-5+/t13-,14-/m1/s1. The van der Waals surface area contributed by atoms with Gasteiger partial charge < -0.3 is 14.6 Å². The molecule has 0 saturated carbocycles. The van der Waals surface area contributed by atoms with E-state index in [0.717, 1.165) is 19.3 Å². The first-order valence-electron chi connectivity index (χ1n) is 8.17. The normalized spacial score (nSPS) is 21.1. The van der Waals surface area contributed by atoms with Crippen LogP contribution < -0.4 is 4.74 Å². The molecule has 24 heavy (non-hydrogen) atoms. The zero-order valence-corrected chi connectivity index (χ0v) is 15.1. The molecule has 1 heterocycles. The van der Waals surface area contributed by atoms with Gasteiger partial charge in [0.15, 0.2) is 0 Å². The van der Waals surface area contributed by atoms with Crippen molar-refractivity contribution < 1.29 is 19.4 Å². The fourth-order valence-corrected chi connectivity index (χ4v) is 3.04. The van der Waals surface area contributed by atoms with Gasteiger partial charge in [0, 0.05) is 17.0 Å². The number of halogens is 2. The number of cyclic esters (lactones) is 1. The molecule has 1 N–H and O–H groups in total. The fraction of sp³-hybridized carbons (Fsp3) is 0.500. The van der Waals surface area contributed by atoms with Crippen molar-refractivity contribution in [3.05, 3.63) is 33.8 Å². The van der Waals surface area contributed by atoms with Gasteiger partial charge in [-0.1, -0.05) is 49.0 Å². The van der Waals surface area contributed by atoms with Crippen LogP contribution in [0.2, 0.25) is 10.0 Å². The average molecular weight is 373 g/mol. The van der Waals surface area contributed by atoms with E-state index >= 15 is 0 Å². The molecule has 4 nitrogen and oxygen atoms in total. The first-order chi connectivity index (χ1) is 11.5. The largest absolute Gasteiger partial charge is 0.493 e. The van der Waals surface area contributed by atoms with Crippen LogP contribution in [0.15, 0.2) is 18.2 Å². The number of unbranched alkanes of at least 4 members (excludes halogenated alkanes) is 2. The third kappa shape index (κ3) is 5.69. The van der Waals surface area contributed by atoms with E-state index in [1.165, 1.54) is 0 Å². The number of benzene rings is 1. The van der Waals surface area contributed by atoms with Crippen molar-refractivity contribution in [1.29, 1.82) is 0 Å². The van der Waals surface area contributed by atoms with Gasteiger partial charge in [0.25, 0.3) is 0 Å². The van der Waals surface area contributed by atoms with Gasteiger partial charge in [0.05, 0.1) is 24.2 Å². The number of esters is 1. The lowest BCUT2D eigenvalue weighted by molar-refractivity contribution is -0.156. The Morgan fingerprint density at radius 3 is 2.88 bits per heavy atom. The van der Waals surface area contributed by atoms with Crippen LogP contribution in [0, 0.1) is 0 Å². The monoisotopic (exact) mass is 372 g/mol. The molecule has 0 amide bonds. The first-order valence-corrected chi connectivity index (χ1v) is 8.92. The fourth-order valence-electron chi connectivity index (χ4n) is 2.51. The van der Waals surface area contributed by atoms with Crippen molar-refractivity contribution in [3.63, 3.8) is 0 Å². The number of rotatable bonds is 7. The van der Waals surface area contributed by atoms with Gasteiger partial charge in [-0.15, -0.1) is 0 Å². The summed E-state index contributed by atoms with van der Waals surface area (Å²) in [7, 11) is 0. The van der Waals surface area contributed by atoms with Crippen LogP contribution in [-0.2, 0) is 9.53 Å². The highest BCUT2D eigenvalue weighted by Crippen LogP contribution is 2.33. The van der Waals surface area contributed by atoms with Gasteiger partial charge >= 0.3 is 5.97 Å². The van der Waals surface area contributed by atoms with Gasteiger partial charge in [-0.25, -0.2) is 0 Å². The zero-order valence-electron chi connectivity index (χ0n) is 13.6. The van der Waals surface area contributed by atoms with Crippen LogP contribution in [-0.4, -0.2) is 29.9 Å². The molecule has 1 fully saturated rings. The molecule has 1 aliphatic heterocycles. The number of hydrogen-bond donors (Lipinski definition) is 1. The first kappa shape index (κ1) is 19.1. The van der Waals surface area contributed by atoms with E-state index < -0.39 is 18.2 Å². The number of carbonyl (C=O) groups excluding carboxylic acids is 1.